The van der Waals surface area contributed by atoms with Gasteiger partial charge < -0.3 is 4.90 Å². The van der Waals surface area contributed by atoms with E-state index in [9.17, 15) is 0 Å². The molecule has 0 saturated carbocycles. The largest absolute Gasteiger partial charge is 0.358 e. The zero-order chi connectivity index (χ0) is 34.2. The third-order valence-corrected chi connectivity index (χ3v) is 12.1. The Hall–Kier alpha value is -5.80. The van der Waals surface area contributed by atoms with E-state index in [0.29, 0.717) is 0 Å². The van der Waals surface area contributed by atoms with Crippen LogP contribution in [0.25, 0.3) is 33.4 Å². The van der Waals surface area contributed by atoms with Crippen LogP contribution in [0.4, 0.5) is 5.69 Å². The summed E-state index contributed by atoms with van der Waals surface area (Å²) in [7, 11) is 0. The Kier molecular flexibility index (Phi) is 6.70. The Balaban J connectivity index is 1.38. The predicted octanol–water partition coefficient (Wildman–Crippen LogP) is 10.6. The maximum Gasteiger partial charge on any atom is 0.0840 e. The van der Waals surface area contributed by atoms with Crippen molar-refractivity contribution in [3.63, 3.8) is 0 Å². The third-order valence-electron chi connectivity index (χ3n) is 12.1. The molecule has 0 radical (unpaired) electrons. The number of aromatic nitrogens is 2. The summed E-state index contributed by atoms with van der Waals surface area (Å²) in [5.74, 6) is 0. The number of aryl methyl sites for hydroxylation is 3. The standard InChI is InChI=1S/C48H39N3/c1-32-45-46(33(2)50-49-32)51-29-27-37-20-12-13-21-42(37)47(51,28-26-34-14-6-3-7-15-34)48(45)43-30-38(35-16-8-4-9-17-35)22-24-40(43)41-25-23-39(31-44(41)48)36-18-10-5-11-19-36/h3-25,30-31H,26-29H2,1-2H3. The van der Waals surface area contributed by atoms with E-state index < -0.39 is 11.0 Å². The minimum absolute atomic E-state index is 0.440. The van der Waals surface area contributed by atoms with E-state index in [2.05, 4.69) is 170 Å². The van der Waals surface area contributed by atoms with E-state index in [-0.39, 0.29) is 0 Å². The second kappa shape index (κ2) is 11.4. The normalized spacial score (nSPS) is 17.4. The van der Waals surface area contributed by atoms with Crippen molar-refractivity contribution in [2.24, 2.45) is 0 Å². The molecule has 246 valence electrons. The summed E-state index contributed by atoms with van der Waals surface area (Å²) in [4.78, 5) is 2.79. The van der Waals surface area contributed by atoms with Gasteiger partial charge in [-0.25, -0.2) is 0 Å². The molecule has 0 saturated heterocycles. The first-order valence-electron chi connectivity index (χ1n) is 18.3. The van der Waals surface area contributed by atoms with Crippen LogP contribution < -0.4 is 4.90 Å². The van der Waals surface area contributed by atoms with Gasteiger partial charge in [-0.15, -0.1) is 0 Å². The Morgan fingerprint density at radius 3 is 1.73 bits per heavy atom. The predicted molar refractivity (Wildman–Crippen MR) is 208 cm³/mol. The Bertz CT molecular complexity index is 2360. The topological polar surface area (TPSA) is 29.0 Å². The molecule has 0 N–H and O–H groups in total. The highest BCUT2D eigenvalue weighted by Gasteiger charge is 2.69. The van der Waals surface area contributed by atoms with Gasteiger partial charge in [0.1, 0.15) is 0 Å². The molecule has 0 bridgehead atoms. The molecular formula is C48H39N3. The first-order chi connectivity index (χ1) is 25.1. The molecule has 51 heavy (non-hydrogen) atoms. The highest BCUT2D eigenvalue weighted by molar-refractivity contribution is 5.94. The van der Waals surface area contributed by atoms with E-state index in [4.69, 9.17) is 10.2 Å². The van der Waals surface area contributed by atoms with E-state index >= 15 is 0 Å². The molecule has 0 amide bonds. The molecule has 1 aliphatic carbocycles. The Labute approximate surface area is 300 Å². The lowest BCUT2D eigenvalue weighted by molar-refractivity contribution is 0.276. The van der Waals surface area contributed by atoms with Crippen molar-refractivity contribution in [2.45, 2.75) is 44.1 Å². The molecule has 2 aliphatic heterocycles. The van der Waals surface area contributed by atoms with Crippen LogP contribution in [0, 0.1) is 13.8 Å². The Morgan fingerprint density at radius 2 is 1.10 bits per heavy atom. The monoisotopic (exact) mass is 657 g/mol. The van der Waals surface area contributed by atoms with Crippen LogP contribution in [0.2, 0.25) is 0 Å². The molecule has 0 fully saturated rings. The highest BCUT2D eigenvalue weighted by atomic mass is 15.3. The van der Waals surface area contributed by atoms with Crippen LogP contribution in [0.5, 0.6) is 0 Å². The molecule has 1 aromatic heterocycles. The highest BCUT2D eigenvalue weighted by Crippen LogP contribution is 2.71. The summed E-state index contributed by atoms with van der Waals surface area (Å²) in [5.41, 5.74) is 18.1. The van der Waals surface area contributed by atoms with Crippen molar-refractivity contribution in [3.8, 4) is 33.4 Å². The zero-order valence-corrected chi connectivity index (χ0v) is 29.1. The molecule has 3 aliphatic rings. The third kappa shape index (κ3) is 4.12. The maximum absolute atomic E-state index is 4.96. The molecule has 1 spiro atoms. The van der Waals surface area contributed by atoms with E-state index in [1.54, 1.807) is 0 Å². The summed E-state index contributed by atoms with van der Waals surface area (Å²) >= 11 is 0. The second-order valence-corrected chi connectivity index (χ2v) is 14.5. The molecule has 3 heteroatoms. The minimum Gasteiger partial charge on any atom is -0.358 e. The number of fused-ring (bicyclic) bond motifs is 12. The van der Waals surface area contributed by atoms with Crippen LogP contribution in [0.3, 0.4) is 0 Å². The summed E-state index contributed by atoms with van der Waals surface area (Å²) < 4.78 is 0. The number of anilines is 1. The maximum atomic E-state index is 4.96. The fourth-order valence-electron chi connectivity index (χ4n) is 10.1. The van der Waals surface area contributed by atoms with Crippen LogP contribution >= 0.6 is 0 Å². The minimum atomic E-state index is -0.557. The van der Waals surface area contributed by atoms with Gasteiger partial charge in [-0.2, -0.15) is 10.2 Å². The SMILES string of the molecule is Cc1nnc(C)c2c1N1CCc3ccccc3C1(CCc1ccccc1)C21c2cc(-c3ccccc3)ccc2-c2ccc(-c3ccccc3)cc21. The van der Waals surface area contributed by atoms with Gasteiger partial charge in [0.15, 0.2) is 0 Å². The smallest absolute Gasteiger partial charge is 0.0840 e. The van der Waals surface area contributed by atoms with E-state index in [1.165, 1.54) is 72.4 Å². The fraction of sp³-hybridized carbons (Fsp3) is 0.167. The summed E-state index contributed by atoms with van der Waals surface area (Å²) in [6.07, 6.45) is 2.88. The van der Waals surface area contributed by atoms with Crippen LogP contribution in [-0.4, -0.2) is 16.7 Å². The molecule has 1 unspecified atom stereocenters. The summed E-state index contributed by atoms with van der Waals surface area (Å²) in [5, 5.41) is 9.81. The van der Waals surface area contributed by atoms with Gasteiger partial charge in [0.2, 0.25) is 0 Å². The lowest BCUT2D eigenvalue weighted by Crippen LogP contribution is -2.59. The first-order valence-corrected chi connectivity index (χ1v) is 18.3. The van der Waals surface area contributed by atoms with E-state index in [0.717, 1.165) is 37.2 Å². The van der Waals surface area contributed by atoms with Crippen molar-refractivity contribution in [1.82, 2.24) is 10.2 Å². The average Bonchev–Trinajstić information content (AvgIpc) is 3.65. The molecule has 6 aromatic carbocycles. The number of rotatable bonds is 5. The van der Waals surface area contributed by atoms with Gasteiger partial charge >= 0.3 is 0 Å². The number of hydrogen-bond acceptors (Lipinski definition) is 3. The summed E-state index contributed by atoms with van der Waals surface area (Å²) in [6.45, 7) is 5.29. The zero-order valence-electron chi connectivity index (χ0n) is 29.1. The van der Waals surface area contributed by atoms with Gasteiger partial charge in [-0.05, 0) is 106 Å². The fourth-order valence-corrected chi connectivity index (χ4v) is 10.1. The van der Waals surface area contributed by atoms with Gasteiger partial charge in [-0.3, -0.25) is 0 Å². The summed E-state index contributed by atoms with van der Waals surface area (Å²) in [6, 6.07) is 56.6. The van der Waals surface area contributed by atoms with Gasteiger partial charge in [0, 0.05) is 12.1 Å². The molecule has 3 heterocycles. The number of hydrogen-bond donors (Lipinski definition) is 0. The van der Waals surface area contributed by atoms with Crippen molar-refractivity contribution in [2.75, 3.05) is 11.4 Å². The lowest BCUT2D eigenvalue weighted by atomic mass is 9.55. The molecule has 3 nitrogen and oxygen atoms in total. The number of benzene rings is 6. The van der Waals surface area contributed by atoms with Crippen molar-refractivity contribution in [3.05, 3.63) is 196 Å². The molecule has 7 aromatic rings. The van der Waals surface area contributed by atoms with Gasteiger partial charge in [-0.1, -0.05) is 140 Å². The Morgan fingerprint density at radius 1 is 0.549 bits per heavy atom. The molecule has 10 rings (SSSR count). The van der Waals surface area contributed by atoms with Crippen LogP contribution in [-0.2, 0) is 23.8 Å². The van der Waals surface area contributed by atoms with E-state index in [1.807, 2.05) is 0 Å². The molecular weight excluding hydrogens is 619 g/mol. The first kappa shape index (κ1) is 30.1. The van der Waals surface area contributed by atoms with Crippen molar-refractivity contribution >= 4 is 5.69 Å². The lowest BCUT2D eigenvalue weighted by Gasteiger charge is -2.54. The molecule has 1 atom stereocenters. The quantitative estimate of drug-likeness (QED) is 0.184. The average molecular weight is 658 g/mol. The van der Waals surface area contributed by atoms with Gasteiger partial charge in [0.25, 0.3) is 0 Å². The van der Waals surface area contributed by atoms with Crippen molar-refractivity contribution < 1.29 is 0 Å². The number of nitrogens with zero attached hydrogens (tertiary/aromatic N) is 3. The van der Waals surface area contributed by atoms with Gasteiger partial charge in [0.05, 0.1) is 28.0 Å². The van der Waals surface area contributed by atoms with Crippen LogP contribution in [0.1, 0.15) is 51.2 Å². The van der Waals surface area contributed by atoms with Crippen LogP contribution in [0.15, 0.2) is 152 Å². The van der Waals surface area contributed by atoms with Crippen molar-refractivity contribution in [1.29, 1.82) is 0 Å². The second-order valence-electron chi connectivity index (χ2n) is 14.5.